The number of rotatable bonds is 4. The highest BCUT2D eigenvalue weighted by Crippen LogP contribution is 2.15. The summed E-state index contributed by atoms with van der Waals surface area (Å²) in [6, 6.07) is 11.1. The third-order valence-corrected chi connectivity index (χ3v) is 4.60. The lowest BCUT2D eigenvalue weighted by molar-refractivity contribution is 0.0682. The predicted molar refractivity (Wildman–Crippen MR) is 96.2 cm³/mol. The second-order valence-electron chi connectivity index (χ2n) is 6.43. The van der Waals surface area contributed by atoms with Crippen LogP contribution in [0.15, 0.2) is 48.5 Å². The average molecular weight is 370 g/mol. The summed E-state index contributed by atoms with van der Waals surface area (Å²) < 4.78 is 12.9. The van der Waals surface area contributed by atoms with Crippen molar-refractivity contribution in [1.82, 2.24) is 10.2 Å². The Balaban J connectivity index is 1.53. The van der Waals surface area contributed by atoms with Gasteiger partial charge < -0.3 is 15.3 Å². The highest BCUT2D eigenvalue weighted by atomic mass is 19.1. The van der Waals surface area contributed by atoms with Gasteiger partial charge in [0.25, 0.3) is 11.8 Å². The molecule has 0 aliphatic carbocycles. The molecule has 6 nitrogen and oxygen atoms in total. The fourth-order valence-corrected chi connectivity index (χ4v) is 3.03. The number of nitrogens with zero attached hydrogens (tertiary/aromatic N) is 1. The van der Waals surface area contributed by atoms with E-state index in [9.17, 15) is 18.8 Å². The molecule has 0 spiro atoms. The van der Waals surface area contributed by atoms with Crippen molar-refractivity contribution in [2.24, 2.45) is 0 Å². The molecule has 1 aliphatic rings. The van der Waals surface area contributed by atoms with Gasteiger partial charge in [0.05, 0.1) is 5.56 Å². The van der Waals surface area contributed by atoms with E-state index in [1.54, 1.807) is 4.90 Å². The topological polar surface area (TPSA) is 86.7 Å². The molecule has 0 unspecified atom stereocenters. The molecule has 1 fully saturated rings. The van der Waals surface area contributed by atoms with E-state index in [2.05, 4.69) is 5.32 Å². The number of hydrogen-bond acceptors (Lipinski definition) is 3. The Morgan fingerprint density at radius 2 is 1.41 bits per heavy atom. The fourth-order valence-electron chi connectivity index (χ4n) is 3.03. The van der Waals surface area contributed by atoms with Crippen molar-refractivity contribution in [3.8, 4) is 0 Å². The van der Waals surface area contributed by atoms with Gasteiger partial charge in [-0.25, -0.2) is 9.18 Å². The third kappa shape index (κ3) is 4.49. The van der Waals surface area contributed by atoms with Crippen molar-refractivity contribution in [2.45, 2.75) is 18.9 Å². The van der Waals surface area contributed by atoms with Crippen molar-refractivity contribution in [1.29, 1.82) is 0 Å². The number of carboxylic acid groups (broad SMARTS) is 1. The number of hydrogen-bond donors (Lipinski definition) is 2. The van der Waals surface area contributed by atoms with Crippen LogP contribution in [-0.4, -0.2) is 46.9 Å². The summed E-state index contributed by atoms with van der Waals surface area (Å²) in [6.45, 7) is 0.988. The summed E-state index contributed by atoms with van der Waals surface area (Å²) in [5.41, 5.74) is 0.969. The normalized spacial score (nSPS) is 14.6. The van der Waals surface area contributed by atoms with Crippen LogP contribution >= 0.6 is 0 Å². The van der Waals surface area contributed by atoms with Crippen LogP contribution in [0.1, 0.15) is 43.9 Å². The number of piperidine rings is 1. The summed E-state index contributed by atoms with van der Waals surface area (Å²) in [6.07, 6.45) is 1.23. The van der Waals surface area contributed by atoms with E-state index in [0.29, 0.717) is 37.1 Å². The number of carbonyl (C=O) groups excluding carboxylic acids is 2. The third-order valence-electron chi connectivity index (χ3n) is 4.60. The monoisotopic (exact) mass is 370 g/mol. The number of carbonyl (C=O) groups is 3. The minimum atomic E-state index is -1.04. The first kappa shape index (κ1) is 18.6. The maximum atomic E-state index is 12.9. The van der Waals surface area contributed by atoms with E-state index >= 15 is 0 Å². The van der Waals surface area contributed by atoms with E-state index < -0.39 is 11.8 Å². The van der Waals surface area contributed by atoms with Crippen LogP contribution < -0.4 is 5.32 Å². The molecular weight excluding hydrogens is 351 g/mol. The highest BCUT2D eigenvalue weighted by molar-refractivity contribution is 5.96. The molecule has 0 saturated carbocycles. The van der Waals surface area contributed by atoms with Crippen molar-refractivity contribution in [2.75, 3.05) is 13.1 Å². The number of carboxylic acids is 1. The van der Waals surface area contributed by atoms with Gasteiger partial charge in [0.1, 0.15) is 5.82 Å². The van der Waals surface area contributed by atoms with Crippen molar-refractivity contribution < 1.29 is 23.9 Å². The molecule has 2 aromatic carbocycles. The largest absolute Gasteiger partial charge is 0.478 e. The van der Waals surface area contributed by atoms with Crippen LogP contribution in [-0.2, 0) is 0 Å². The number of likely N-dealkylation sites (tertiary alicyclic amines) is 1. The Morgan fingerprint density at radius 3 is 1.96 bits per heavy atom. The molecule has 0 atom stereocenters. The molecule has 0 aromatic heterocycles. The quantitative estimate of drug-likeness (QED) is 0.866. The van der Waals surface area contributed by atoms with Crippen molar-refractivity contribution in [3.05, 3.63) is 71.0 Å². The second-order valence-corrected chi connectivity index (χ2v) is 6.43. The van der Waals surface area contributed by atoms with E-state index in [1.165, 1.54) is 48.5 Å². The van der Waals surface area contributed by atoms with Gasteiger partial charge in [0, 0.05) is 30.3 Å². The second kappa shape index (κ2) is 7.99. The molecular formula is C20H19FN2O4. The van der Waals surface area contributed by atoms with E-state index in [0.717, 1.165) is 0 Å². The molecule has 2 N–H and O–H groups in total. The number of amides is 2. The van der Waals surface area contributed by atoms with Gasteiger partial charge in [0.15, 0.2) is 0 Å². The molecule has 0 bridgehead atoms. The van der Waals surface area contributed by atoms with Gasteiger partial charge in [-0.3, -0.25) is 9.59 Å². The van der Waals surface area contributed by atoms with Crippen LogP contribution in [0.2, 0.25) is 0 Å². The lowest BCUT2D eigenvalue weighted by Gasteiger charge is -2.32. The molecule has 27 heavy (non-hydrogen) atoms. The molecule has 1 aliphatic heterocycles. The maximum Gasteiger partial charge on any atom is 0.335 e. The molecule has 2 amide bonds. The Hall–Kier alpha value is -3.22. The molecule has 140 valence electrons. The SMILES string of the molecule is O=C(O)c1ccc(C(=O)N2CCC(NC(=O)c3ccc(F)cc3)CC2)cc1. The molecule has 2 aromatic rings. The Labute approximate surface area is 155 Å². The molecule has 1 heterocycles. The number of nitrogens with one attached hydrogen (secondary N) is 1. The van der Waals surface area contributed by atoms with Gasteiger partial charge in [-0.2, -0.15) is 0 Å². The summed E-state index contributed by atoms with van der Waals surface area (Å²) in [5.74, 6) is -1.85. The first-order valence-electron chi connectivity index (χ1n) is 8.63. The van der Waals surface area contributed by atoms with Crippen LogP contribution in [0, 0.1) is 5.82 Å². The number of benzene rings is 2. The van der Waals surface area contributed by atoms with Gasteiger partial charge in [-0.15, -0.1) is 0 Å². The van der Waals surface area contributed by atoms with E-state index in [4.69, 9.17) is 5.11 Å². The average Bonchev–Trinajstić information content (AvgIpc) is 2.68. The number of halogens is 1. The lowest BCUT2D eigenvalue weighted by atomic mass is 10.0. The smallest absolute Gasteiger partial charge is 0.335 e. The van der Waals surface area contributed by atoms with Crippen molar-refractivity contribution >= 4 is 17.8 Å². The first-order chi connectivity index (χ1) is 12.9. The molecule has 3 rings (SSSR count). The standard InChI is InChI=1S/C20H19FN2O4/c21-16-7-5-13(6-8-16)18(24)22-17-9-11-23(12-10-17)19(25)14-1-3-15(4-2-14)20(26)27/h1-8,17H,9-12H2,(H,22,24)(H,26,27). The predicted octanol–water partition coefficient (Wildman–Crippen LogP) is 2.56. The molecule has 1 saturated heterocycles. The minimum absolute atomic E-state index is 0.0546. The number of aromatic carboxylic acids is 1. The van der Waals surface area contributed by atoms with Gasteiger partial charge in [0.2, 0.25) is 0 Å². The maximum absolute atomic E-state index is 12.9. The zero-order valence-electron chi connectivity index (χ0n) is 14.5. The van der Waals surface area contributed by atoms with Gasteiger partial charge in [-0.1, -0.05) is 0 Å². The van der Waals surface area contributed by atoms with Crippen LogP contribution in [0.3, 0.4) is 0 Å². The summed E-state index contributed by atoms with van der Waals surface area (Å²) in [5, 5.41) is 11.8. The summed E-state index contributed by atoms with van der Waals surface area (Å²) >= 11 is 0. The van der Waals surface area contributed by atoms with Crippen LogP contribution in [0.5, 0.6) is 0 Å². The van der Waals surface area contributed by atoms with Crippen LogP contribution in [0.25, 0.3) is 0 Å². The van der Waals surface area contributed by atoms with E-state index in [1.807, 2.05) is 0 Å². The molecule has 7 heteroatoms. The van der Waals surface area contributed by atoms with Gasteiger partial charge >= 0.3 is 5.97 Å². The zero-order chi connectivity index (χ0) is 19.4. The highest BCUT2D eigenvalue weighted by Gasteiger charge is 2.25. The lowest BCUT2D eigenvalue weighted by Crippen LogP contribution is -2.46. The van der Waals surface area contributed by atoms with Gasteiger partial charge in [-0.05, 0) is 61.4 Å². The Bertz CT molecular complexity index is 841. The fraction of sp³-hybridized carbons (Fsp3) is 0.250. The summed E-state index contributed by atoms with van der Waals surface area (Å²) in [7, 11) is 0. The first-order valence-corrected chi connectivity index (χ1v) is 8.63. The molecule has 0 radical (unpaired) electrons. The zero-order valence-corrected chi connectivity index (χ0v) is 14.5. The summed E-state index contributed by atoms with van der Waals surface area (Å²) in [4.78, 5) is 37.3. The van der Waals surface area contributed by atoms with E-state index in [-0.39, 0.29) is 23.4 Å². The Kier molecular flexibility index (Phi) is 5.49. The minimum Gasteiger partial charge on any atom is -0.478 e. The van der Waals surface area contributed by atoms with Crippen LogP contribution in [0.4, 0.5) is 4.39 Å². The Morgan fingerprint density at radius 1 is 0.889 bits per heavy atom. The van der Waals surface area contributed by atoms with Crippen molar-refractivity contribution in [3.63, 3.8) is 0 Å².